The van der Waals surface area contributed by atoms with Crippen molar-refractivity contribution in [3.05, 3.63) is 63.1 Å². The Hall–Kier alpha value is -1.07. The van der Waals surface area contributed by atoms with E-state index in [1.54, 1.807) is 0 Å². The van der Waals surface area contributed by atoms with Gasteiger partial charge in [-0.25, -0.2) is 5.43 Å². The van der Waals surface area contributed by atoms with Crippen LogP contribution in [-0.4, -0.2) is 6.10 Å². The number of hydrazine groups is 1. The molecule has 3 nitrogen and oxygen atoms in total. The molecular weight excluding hydrogens is 352 g/mol. The third-order valence-corrected chi connectivity index (χ3v) is 4.70. The van der Waals surface area contributed by atoms with Crippen molar-refractivity contribution in [2.24, 2.45) is 5.84 Å². The Morgan fingerprint density at radius 2 is 1.81 bits per heavy atom. The first-order chi connectivity index (χ1) is 10.2. The first kappa shape index (κ1) is 14.9. The molecule has 0 radical (unpaired) electrons. The van der Waals surface area contributed by atoms with Crippen LogP contribution in [0.1, 0.15) is 30.0 Å². The van der Waals surface area contributed by atoms with E-state index in [0.29, 0.717) is 11.1 Å². The smallest absolute Gasteiger partial charge is 0.119 e. The lowest BCUT2D eigenvalue weighted by Gasteiger charge is -2.18. The Morgan fingerprint density at radius 3 is 2.38 bits per heavy atom. The van der Waals surface area contributed by atoms with Crippen molar-refractivity contribution in [2.75, 3.05) is 0 Å². The molecule has 2 aromatic rings. The van der Waals surface area contributed by atoms with Crippen LogP contribution >= 0.6 is 27.5 Å². The van der Waals surface area contributed by atoms with Gasteiger partial charge in [-0.2, -0.15) is 0 Å². The molecule has 0 aliphatic heterocycles. The topological polar surface area (TPSA) is 47.3 Å². The highest BCUT2D eigenvalue weighted by Gasteiger charge is 2.23. The summed E-state index contributed by atoms with van der Waals surface area (Å²) < 4.78 is 6.61. The number of rotatable bonds is 5. The predicted octanol–water partition coefficient (Wildman–Crippen LogP) is 4.20. The van der Waals surface area contributed by atoms with E-state index in [-0.39, 0.29) is 6.04 Å². The molecule has 1 aliphatic rings. The molecule has 0 bridgehead atoms. The fourth-order valence-corrected chi connectivity index (χ4v) is 2.71. The third kappa shape index (κ3) is 3.58. The SMILES string of the molecule is NNC(c1ccc(OC2CC2)cc1)c1ccc(Cl)c(Br)c1. The van der Waals surface area contributed by atoms with Gasteiger partial charge < -0.3 is 4.74 Å². The van der Waals surface area contributed by atoms with Crippen LogP contribution in [0.25, 0.3) is 0 Å². The van der Waals surface area contributed by atoms with Crippen LogP contribution in [0.5, 0.6) is 5.75 Å². The molecule has 0 saturated heterocycles. The van der Waals surface area contributed by atoms with Gasteiger partial charge in [-0.05, 0) is 64.2 Å². The monoisotopic (exact) mass is 366 g/mol. The normalized spacial score (nSPS) is 15.8. The van der Waals surface area contributed by atoms with Gasteiger partial charge in [0.15, 0.2) is 0 Å². The summed E-state index contributed by atoms with van der Waals surface area (Å²) in [5.74, 6) is 6.64. The molecule has 5 heteroatoms. The Balaban J connectivity index is 1.82. The molecule has 21 heavy (non-hydrogen) atoms. The Morgan fingerprint density at radius 1 is 1.14 bits per heavy atom. The average Bonchev–Trinajstić information content (AvgIpc) is 3.29. The molecule has 1 atom stereocenters. The average molecular weight is 368 g/mol. The molecule has 1 unspecified atom stereocenters. The molecule has 110 valence electrons. The number of nitrogens with two attached hydrogens (primary N) is 1. The lowest BCUT2D eigenvalue weighted by atomic mass is 9.99. The summed E-state index contributed by atoms with van der Waals surface area (Å²) in [4.78, 5) is 0. The van der Waals surface area contributed by atoms with Crippen molar-refractivity contribution in [3.63, 3.8) is 0 Å². The Kier molecular flexibility index (Phi) is 4.50. The van der Waals surface area contributed by atoms with E-state index in [1.165, 1.54) is 0 Å². The minimum absolute atomic E-state index is 0.0893. The van der Waals surface area contributed by atoms with Crippen LogP contribution in [0.4, 0.5) is 0 Å². The first-order valence-corrected chi connectivity index (χ1v) is 8.02. The summed E-state index contributed by atoms with van der Waals surface area (Å²) >= 11 is 9.48. The van der Waals surface area contributed by atoms with E-state index in [2.05, 4.69) is 21.4 Å². The molecule has 1 aliphatic carbocycles. The summed E-state index contributed by atoms with van der Waals surface area (Å²) in [7, 11) is 0. The van der Waals surface area contributed by atoms with Gasteiger partial charge in [0.2, 0.25) is 0 Å². The maximum absolute atomic E-state index is 6.03. The lowest BCUT2D eigenvalue weighted by Crippen LogP contribution is -2.28. The van der Waals surface area contributed by atoms with Crippen molar-refractivity contribution in [2.45, 2.75) is 25.0 Å². The van der Waals surface area contributed by atoms with Crippen LogP contribution in [0, 0.1) is 0 Å². The number of benzene rings is 2. The van der Waals surface area contributed by atoms with E-state index >= 15 is 0 Å². The summed E-state index contributed by atoms with van der Waals surface area (Å²) in [5.41, 5.74) is 4.97. The number of nitrogens with one attached hydrogen (secondary N) is 1. The zero-order valence-corrected chi connectivity index (χ0v) is 13.7. The van der Waals surface area contributed by atoms with Crippen molar-refractivity contribution in [1.29, 1.82) is 0 Å². The zero-order chi connectivity index (χ0) is 14.8. The van der Waals surface area contributed by atoms with Crippen molar-refractivity contribution >= 4 is 27.5 Å². The zero-order valence-electron chi connectivity index (χ0n) is 11.4. The van der Waals surface area contributed by atoms with Crippen molar-refractivity contribution < 1.29 is 4.74 Å². The standard InChI is InChI=1S/C16H16BrClN2O/c17-14-9-11(3-8-15(14)18)16(20-19)10-1-4-12(5-2-10)21-13-6-7-13/h1-5,8-9,13,16,20H,6-7,19H2. The van der Waals surface area contributed by atoms with E-state index in [1.807, 2.05) is 42.5 Å². The third-order valence-electron chi connectivity index (χ3n) is 3.48. The fraction of sp³-hybridized carbons (Fsp3) is 0.250. The van der Waals surface area contributed by atoms with Crippen LogP contribution in [0.15, 0.2) is 46.9 Å². The van der Waals surface area contributed by atoms with E-state index in [9.17, 15) is 0 Å². The van der Waals surface area contributed by atoms with Crippen LogP contribution in [-0.2, 0) is 0 Å². The largest absolute Gasteiger partial charge is 0.490 e. The van der Waals surface area contributed by atoms with E-state index < -0.39 is 0 Å². The van der Waals surface area contributed by atoms with Gasteiger partial charge in [0.1, 0.15) is 5.75 Å². The number of halogens is 2. The highest BCUT2D eigenvalue weighted by atomic mass is 79.9. The highest BCUT2D eigenvalue weighted by Crippen LogP contribution is 2.31. The second-order valence-corrected chi connectivity index (χ2v) is 6.42. The molecule has 0 spiro atoms. The van der Waals surface area contributed by atoms with E-state index in [0.717, 1.165) is 34.2 Å². The second-order valence-electron chi connectivity index (χ2n) is 5.16. The number of hydrogen-bond acceptors (Lipinski definition) is 3. The molecule has 3 N–H and O–H groups in total. The van der Waals surface area contributed by atoms with E-state index in [4.69, 9.17) is 22.2 Å². The molecule has 1 saturated carbocycles. The quantitative estimate of drug-likeness (QED) is 0.615. The number of ether oxygens (including phenoxy) is 1. The second kappa shape index (κ2) is 6.36. The molecule has 3 rings (SSSR count). The molecule has 1 fully saturated rings. The summed E-state index contributed by atoms with van der Waals surface area (Å²) in [5, 5.41) is 0.683. The van der Waals surface area contributed by atoms with Gasteiger partial charge in [-0.1, -0.05) is 29.8 Å². The first-order valence-electron chi connectivity index (χ1n) is 6.85. The Bertz CT molecular complexity index is 629. The predicted molar refractivity (Wildman–Crippen MR) is 88.4 cm³/mol. The highest BCUT2D eigenvalue weighted by molar-refractivity contribution is 9.10. The van der Waals surface area contributed by atoms with Gasteiger partial charge in [0.25, 0.3) is 0 Å². The molecule has 0 heterocycles. The van der Waals surface area contributed by atoms with Crippen LogP contribution < -0.4 is 16.0 Å². The maximum atomic E-state index is 6.03. The maximum Gasteiger partial charge on any atom is 0.119 e. The summed E-state index contributed by atoms with van der Waals surface area (Å²) in [6.45, 7) is 0. The summed E-state index contributed by atoms with van der Waals surface area (Å²) in [6.07, 6.45) is 2.73. The van der Waals surface area contributed by atoms with Gasteiger partial charge in [0.05, 0.1) is 17.2 Å². The molecule has 0 aromatic heterocycles. The fourth-order valence-electron chi connectivity index (χ4n) is 2.19. The van der Waals surface area contributed by atoms with Gasteiger partial charge in [-0.3, -0.25) is 5.84 Å². The van der Waals surface area contributed by atoms with Gasteiger partial charge in [-0.15, -0.1) is 0 Å². The Labute approximate surface area is 137 Å². The minimum atomic E-state index is -0.0893. The van der Waals surface area contributed by atoms with Gasteiger partial charge in [0, 0.05) is 4.47 Å². The molecule has 2 aromatic carbocycles. The molecule has 0 amide bonds. The molecular formula is C16H16BrClN2O. The van der Waals surface area contributed by atoms with Crippen LogP contribution in [0.2, 0.25) is 5.02 Å². The lowest BCUT2D eigenvalue weighted by molar-refractivity contribution is 0.303. The van der Waals surface area contributed by atoms with Crippen molar-refractivity contribution in [3.8, 4) is 5.75 Å². The van der Waals surface area contributed by atoms with Crippen molar-refractivity contribution in [1.82, 2.24) is 5.43 Å². The summed E-state index contributed by atoms with van der Waals surface area (Å²) in [6, 6.07) is 13.7. The number of hydrogen-bond donors (Lipinski definition) is 2. The minimum Gasteiger partial charge on any atom is -0.490 e. The van der Waals surface area contributed by atoms with Crippen LogP contribution in [0.3, 0.4) is 0 Å². The van der Waals surface area contributed by atoms with Gasteiger partial charge >= 0.3 is 0 Å².